The van der Waals surface area contributed by atoms with E-state index in [1.165, 1.54) is 6.92 Å². The van der Waals surface area contributed by atoms with Crippen molar-refractivity contribution in [1.82, 2.24) is 0 Å². The maximum Gasteiger partial charge on any atom is 0.221 e. The molecule has 0 fully saturated rings. The molecule has 0 aliphatic heterocycles. The first-order valence-electron chi connectivity index (χ1n) is 6.13. The number of nitrogens with two attached hydrogens (primary N) is 1. The van der Waals surface area contributed by atoms with E-state index in [4.69, 9.17) is 22.1 Å². The Hall–Kier alpha value is -2.04. The summed E-state index contributed by atoms with van der Waals surface area (Å²) in [5.74, 6) is 0.988. The van der Waals surface area contributed by atoms with Crippen molar-refractivity contribution in [3.05, 3.63) is 53.1 Å². The van der Waals surface area contributed by atoms with Crippen LogP contribution in [0.25, 0.3) is 0 Å². The fraction of sp³-hybridized carbons (Fsp3) is 0.133. The summed E-state index contributed by atoms with van der Waals surface area (Å²) in [6.45, 7) is 1.82. The van der Waals surface area contributed by atoms with E-state index in [0.717, 1.165) is 5.56 Å². The average molecular weight is 291 g/mol. The van der Waals surface area contributed by atoms with Gasteiger partial charge in [-0.05, 0) is 29.8 Å². The van der Waals surface area contributed by atoms with Crippen molar-refractivity contribution in [3.8, 4) is 11.5 Å². The molecule has 2 rings (SSSR count). The summed E-state index contributed by atoms with van der Waals surface area (Å²) in [5, 5.41) is 3.27. The van der Waals surface area contributed by atoms with Gasteiger partial charge in [-0.2, -0.15) is 0 Å². The van der Waals surface area contributed by atoms with Crippen LogP contribution in [-0.4, -0.2) is 5.91 Å². The maximum atomic E-state index is 11.2. The van der Waals surface area contributed by atoms with Crippen LogP contribution in [0.2, 0.25) is 5.02 Å². The molecule has 0 atom stereocenters. The Bertz CT molecular complexity index is 629. The van der Waals surface area contributed by atoms with E-state index >= 15 is 0 Å². The minimum Gasteiger partial charge on any atom is -0.455 e. The Kier molecular flexibility index (Phi) is 4.61. The summed E-state index contributed by atoms with van der Waals surface area (Å²) in [5.41, 5.74) is 7.03. The Labute approximate surface area is 122 Å². The molecule has 4 nitrogen and oxygen atoms in total. The molecule has 1 amide bonds. The molecule has 0 aliphatic rings. The molecule has 20 heavy (non-hydrogen) atoms. The summed E-state index contributed by atoms with van der Waals surface area (Å²) >= 11 is 6.09. The molecule has 0 spiro atoms. The van der Waals surface area contributed by atoms with Crippen molar-refractivity contribution in [1.29, 1.82) is 0 Å². The molecule has 0 bridgehead atoms. The summed E-state index contributed by atoms with van der Waals surface area (Å²) in [6, 6.07) is 12.5. The van der Waals surface area contributed by atoms with Crippen molar-refractivity contribution in [2.45, 2.75) is 13.5 Å². The molecule has 104 valence electrons. The number of anilines is 1. The summed E-state index contributed by atoms with van der Waals surface area (Å²) in [4.78, 5) is 11.2. The predicted octanol–water partition coefficient (Wildman–Crippen LogP) is 3.55. The molecule has 0 unspecified atom stereocenters. The Morgan fingerprint density at radius 3 is 2.70 bits per heavy atom. The number of ether oxygens (including phenoxy) is 1. The van der Waals surface area contributed by atoms with Gasteiger partial charge in [-0.15, -0.1) is 0 Å². The fourth-order valence-corrected chi connectivity index (χ4v) is 1.98. The minimum atomic E-state index is -0.155. The molecule has 0 saturated carbocycles. The number of hydrogen-bond donors (Lipinski definition) is 2. The lowest BCUT2D eigenvalue weighted by atomic mass is 10.2. The number of carbonyl (C=O) groups is 1. The topological polar surface area (TPSA) is 64.3 Å². The van der Waals surface area contributed by atoms with Gasteiger partial charge in [-0.25, -0.2) is 0 Å². The first kappa shape index (κ1) is 14.4. The van der Waals surface area contributed by atoms with Crippen molar-refractivity contribution in [2.75, 3.05) is 5.32 Å². The smallest absolute Gasteiger partial charge is 0.221 e. The lowest BCUT2D eigenvalue weighted by Gasteiger charge is -2.12. The molecule has 5 heteroatoms. The Balaban J connectivity index is 2.25. The van der Waals surface area contributed by atoms with Crippen LogP contribution in [0, 0.1) is 0 Å². The lowest BCUT2D eigenvalue weighted by molar-refractivity contribution is -0.114. The highest BCUT2D eigenvalue weighted by atomic mass is 35.5. The van der Waals surface area contributed by atoms with Crippen molar-refractivity contribution in [2.24, 2.45) is 5.73 Å². The normalized spacial score (nSPS) is 10.2. The SMILES string of the molecule is CC(=O)Nc1ccccc1Oc1ccc(CN)c(Cl)c1. The van der Waals surface area contributed by atoms with Gasteiger partial charge in [0.05, 0.1) is 5.69 Å². The molecule has 3 N–H and O–H groups in total. The highest BCUT2D eigenvalue weighted by Crippen LogP contribution is 2.31. The van der Waals surface area contributed by atoms with Crippen LogP contribution in [0.3, 0.4) is 0 Å². The van der Waals surface area contributed by atoms with E-state index in [1.54, 1.807) is 24.3 Å². The van der Waals surface area contributed by atoms with E-state index in [1.807, 2.05) is 18.2 Å². The first-order chi connectivity index (χ1) is 9.60. The van der Waals surface area contributed by atoms with Crippen LogP contribution in [0.4, 0.5) is 5.69 Å². The molecule has 0 aromatic heterocycles. The molecular formula is C15H15ClN2O2. The van der Waals surface area contributed by atoms with Crippen molar-refractivity contribution < 1.29 is 9.53 Å². The van der Waals surface area contributed by atoms with Gasteiger partial charge in [0.25, 0.3) is 0 Å². The lowest BCUT2D eigenvalue weighted by Crippen LogP contribution is -2.06. The number of benzene rings is 2. The number of nitrogens with one attached hydrogen (secondary N) is 1. The summed E-state index contributed by atoms with van der Waals surface area (Å²) in [7, 11) is 0. The molecular weight excluding hydrogens is 276 g/mol. The van der Waals surface area contributed by atoms with Crippen molar-refractivity contribution in [3.63, 3.8) is 0 Å². The van der Waals surface area contributed by atoms with Crippen molar-refractivity contribution >= 4 is 23.2 Å². The second-order valence-corrected chi connectivity index (χ2v) is 4.64. The highest BCUT2D eigenvalue weighted by molar-refractivity contribution is 6.31. The third-order valence-corrected chi connectivity index (χ3v) is 3.02. The molecule has 2 aromatic carbocycles. The number of para-hydroxylation sites is 2. The number of hydrogen-bond acceptors (Lipinski definition) is 3. The first-order valence-corrected chi connectivity index (χ1v) is 6.51. The van der Waals surface area contributed by atoms with Crippen LogP contribution >= 0.6 is 11.6 Å². The molecule has 2 aromatic rings. The average Bonchev–Trinajstić information content (AvgIpc) is 2.41. The second-order valence-electron chi connectivity index (χ2n) is 4.24. The quantitative estimate of drug-likeness (QED) is 0.905. The van der Waals surface area contributed by atoms with E-state index in [0.29, 0.717) is 28.8 Å². The molecule has 0 heterocycles. The molecule has 0 saturated heterocycles. The van der Waals surface area contributed by atoms with Gasteiger partial charge >= 0.3 is 0 Å². The van der Waals surface area contributed by atoms with Gasteiger partial charge in [0.15, 0.2) is 5.75 Å². The maximum absolute atomic E-state index is 11.2. The van der Waals surface area contributed by atoms with Crippen LogP contribution in [0.5, 0.6) is 11.5 Å². The number of halogens is 1. The van der Waals surface area contributed by atoms with Gasteiger partial charge in [-0.1, -0.05) is 29.8 Å². The standard InChI is InChI=1S/C15H15ClN2O2/c1-10(19)18-14-4-2-3-5-15(14)20-12-7-6-11(9-17)13(16)8-12/h2-8H,9,17H2,1H3,(H,18,19). The zero-order valence-corrected chi connectivity index (χ0v) is 11.8. The Morgan fingerprint density at radius 1 is 1.30 bits per heavy atom. The molecule has 0 aliphatic carbocycles. The van der Waals surface area contributed by atoms with Crippen LogP contribution in [-0.2, 0) is 11.3 Å². The monoisotopic (exact) mass is 290 g/mol. The van der Waals surface area contributed by atoms with Gasteiger partial charge < -0.3 is 15.8 Å². The number of rotatable bonds is 4. The largest absolute Gasteiger partial charge is 0.455 e. The third-order valence-electron chi connectivity index (χ3n) is 2.67. The molecule has 0 radical (unpaired) electrons. The fourth-order valence-electron chi connectivity index (χ4n) is 1.73. The van der Waals surface area contributed by atoms with E-state index in [9.17, 15) is 4.79 Å². The van der Waals surface area contributed by atoms with Gasteiger partial charge in [0.2, 0.25) is 5.91 Å². The third kappa shape index (κ3) is 3.50. The second kappa shape index (κ2) is 6.41. The predicted molar refractivity (Wildman–Crippen MR) is 80.2 cm³/mol. The zero-order valence-electron chi connectivity index (χ0n) is 11.0. The van der Waals surface area contributed by atoms with Crippen LogP contribution < -0.4 is 15.8 Å². The summed E-state index contributed by atoms with van der Waals surface area (Å²) < 4.78 is 5.75. The number of carbonyl (C=O) groups excluding carboxylic acids is 1. The number of amides is 1. The van der Waals surface area contributed by atoms with E-state index in [-0.39, 0.29) is 5.91 Å². The minimum absolute atomic E-state index is 0.155. The van der Waals surface area contributed by atoms with Crippen LogP contribution in [0.1, 0.15) is 12.5 Å². The Morgan fingerprint density at radius 2 is 2.05 bits per heavy atom. The van der Waals surface area contributed by atoms with Gasteiger partial charge in [0, 0.05) is 18.5 Å². The van der Waals surface area contributed by atoms with Crippen LogP contribution in [0.15, 0.2) is 42.5 Å². The van der Waals surface area contributed by atoms with Gasteiger partial charge in [0.1, 0.15) is 5.75 Å². The highest BCUT2D eigenvalue weighted by Gasteiger charge is 2.07. The van der Waals surface area contributed by atoms with E-state index < -0.39 is 0 Å². The summed E-state index contributed by atoms with van der Waals surface area (Å²) in [6.07, 6.45) is 0. The van der Waals surface area contributed by atoms with Gasteiger partial charge in [-0.3, -0.25) is 4.79 Å². The van der Waals surface area contributed by atoms with E-state index in [2.05, 4.69) is 5.32 Å². The zero-order chi connectivity index (χ0) is 14.5.